The Morgan fingerprint density at radius 2 is 1.22 bits per heavy atom. The smallest absolute Gasteiger partial charge is 0.423 e. The van der Waals surface area contributed by atoms with Crippen molar-refractivity contribution >= 4 is 57.4 Å². The number of sulfonamides is 1. The van der Waals surface area contributed by atoms with Crippen LogP contribution in [0.4, 0.5) is 23.0 Å². The lowest BCUT2D eigenvalue weighted by Gasteiger charge is -2.11. The molecular formula is C31H30BN7O6S. The number of nitrogens with two attached hydrogens (primary N) is 2. The molecule has 46 heavy (non-hydrogen) atoms. The lowest BCUT2D eigenvalue weighted by molar-refractivity contribution is 0.0992. The van der Waals surface area contributed by atoms with Gasteiger partial charge in [0.05, 0.1) is 4.90 Å². The van der Waals surface area contributed by atoms with Gasteiger partial charge in [-0.2, -0.15) is 0 Å². The van der Waals surface area contributed by atoms with E-state index in [-0.39, 0.29) is 15.9 Å². The molecule has 5 rings (SSSR count). The van der Waals surface area contributed by atoms with E-state index in [2.05, 4.69) is 25.3 Å². The summed E-state index contributed by atoms with van der Waals surface area (Å²) in [6.45, 7) is 0. The van der Waals surface area contributed by atoms with Gasteiger partial charge in [0.15, 0.2) is 0 Å². The maximum atomic E-state index is 12.0. The van der Waals surface area contributed by atoms with Gasteiger partial charge in [0.2, 0.25) is 21.8 Å². The molecule has 234 valence electrons. The van der Waals surface area contributed by atoms with Crippen molar-refractivity contribution in [2.24, 2.45) is 11.5 Å². The first-order valence-electron chi connectivity index (χ1n) is 13.6. The van der Waals surface area contributed by atoms with Gasteiger partial charge in [-0.1, -0.05) is 42.5 Å². The number of hydrogen-bond acceptors (Lipinski definition) is 10. The molecule has 0 aliphatic heterocycles. The van der Waals surface area contributed by atoms with Crippen LogP contribution in [0.5, 0.6) is 0 Å². The summed E-state index contributed by atoms with van der Waals surface area (Å²) in [6.07, 6.45) is 1.40. The normalized spacial score (nSPS) is 10.7. The number of nitrogens with zero attached hydrogens (tertiary/aromatic N) is 2. The average Bonchev–Trinajstić information content (AvgIpc) is 3.05. The molecule has 5 aromatic rings. The van der Waals surface area contributed by atoms with Crippen LogP contribution >= 0.6 is 0 Å². The molecule has 2 amide bonds. The molecule has 1 heterocycles. The van der Waals surface area contributed by atoms with E-state index in [1.165, 1.54) is 49.8 Å². The molecule has 0 saturated heterocycles. The Labute approximate surface area is 265 Å². The van der Waals surface area contributed by atoms with Crippen molar-refractivity contribution < 1.29 is 28.1 Å². The number of anilines is 4. The fraction of sp³-hybridized carbons (Fsp3) is 0.0323. The first-order valence-corrected chi connectivity index (χ1v) is 15.1. The van der Waals surface area contributed by atoms with Crippen molar-refractivity contribution in [3.63, 3.8) is 0 Å². The number of primary amides is 2. The van der Waals surface area contributed by atoms with Crippen molar-refractivity contribution in [3.05, 3.63) is 121 Å². The number of hydrogen-bond donors (Lipinski definition) is 7. The summed E-state index contributed by atoms with van der Waals surface area (Å²) in [6, 6.07) is 28.8. The van der Waals surface area contributed by atoms with Gasteiger partial charge in [0, 0.05) is 28.6 Å². The van der Waals surface area contributed by atoms with Gasteiger partial charge in [-0.25, -0.2) is 23.1 Å². The minimum atomic E-state index is -3.56. The quantitative estimate of drug-likeness (QED) is 0.110. The molecule has 0 fully saturated rings. The molecule has 0 aliphatic rings. The summed E-state index contributed by atoms with van der Waals surface area (Å²) in [7, 11) is -3.76. The number of carbonyl (C=O) groups is 2. The van der Waals surface area contributed by atoms with Gasteiger partial charge < -0.3 is 32.1 Å². The Bertz CT molecular complexity index is 1970. The average molecular weight is 640 g/mol. The van der Waals surface area contributed by atoms with Crippen LogP contribution in [0, 0.1) is 0 Å². The minimum absolute atomic E-state index is 0.143. The molecule has 0 spiro atoms. The third kappa shape index (κ3) is 8.96. The highest BCUT2D eigenvalue weighted by Crippen LogP contribution is 2.26. The second-order valence-corrected chi connectivity index (χ2v) is 11.5. The third-order valence-electron chi connectivity index (χ3n) is 6.44. The van der Waals surface area contributed by atoms with E-state index < -0.39 is 29.0 Å². The third-order valence-corrected chi connectivity index (χ3v) is 7.85. The Kier molecular flexibility index (Phi) is 10.8. The summed E-state index contributed by atoms with van der Waals surface area (Å²) in [5.74, 6) is -0.0369. The monoisotopic (exact) mass is 639 g/mol. The van der Waals surface area contributed by atoms with Crippen LogP contribution in [-0.2, 0) is 10.0 Å². The minimum Gasteiger partial charge on any atom is -0.423 e. The molecule has 9 N–H and O–H groups in total. The van der Waals surface area contributed by atoms with Crippen molar-refractivity contribution in [1.29, 1.82) is 0 Å². The van der Waals surface area contributed by atoms with Gasteiger partial charge in [0.1, 0.15) is 18.0 Å². The number of nitrogens with one attached hydrogen (secondary N) is 3. The van der Waals surface area contributed by atoms with Gasteiger partial charge in [-0.3, -0.25) is 9.59 Å². The van der Waals surface area contributed by atoms with E-state index in [0.29, 0.717) is 22.9 Å². The molecule has 0 radical (unpaired) electrons. The van der Waals surface area contributed by atoms with Crippen LogP contribution in [0.2, 0.25) is 0 Å². The fourth-order valence-electron chi connectivity index (χ4n) is 4.13. The van der Waals surface area contributed by atoms with Crippen LogP contribution in [0.3, 0.4) is 0 Å². The van der Waals surface area contributed by atoms with Crippen molar-refractivity contribution in [2.75, 3.05) is 17.7 Å². The fourth-order valence-corrected chi connectivity index (χ4v) is 4.91. The van der Waals surface area contributed by atoms with Crippen LogP contribution in [0.1, 0.15) is 20.7 Å². The SMILES string of the molecule is CNS(=O)(=O)c1cccc(Nc2cc(Nc3cccc(-c4cccc(C(N)=O)c4)c3)ncn2)c1.NC(=O)c1cccc(B(O)O)c1. The van der Waals surface area contributed by atoms with Crippen molar-refractivity contribution in [1.82, 2.24) is 14.7 Å². The highest BCUT2D eigenvalue weighted by Gasteiger charge is 2.13. The second-order valence-electron chi connectivity index (χ2n) is 9.66. The van der Waals surface area contributed by atoms with Crippen LogP contribution in [0.15, 0.2) is 114 Å². The van der Waals surface area contributed by atoms with Gasteiger partial charge >= 0.3 is 7.12 Å². The zero-order valence-corrected chi connectivity index (χ0v) is 25.3. The zero-order valence-electron chi connectivity index (χ0n) is 24.5. The Morgan fingerprint density at radius 1 is 0.696 bits per heavy atom. The van der Waals surface area contributed by atoms with E-state index in [4.69, 9.17) is 21.5 Å². The lowest BCUT2D eigenvalue weighted by Crippen LogP contribution is -2.30. The summed E-state index contributed by atoms with van der Waals surface area (Å²) < 4.78 is 26.4. The molecular weight excluding hydrogens is 609 g/mol. The van der Waals surface area contributed by atoms with Crippen molar-refractivity contribution in [3.8, 4) is 11.1 Å². The maximum Gasteiger partial charge on any atom is 0.488 e. The number of aromatic nitrogens is 2. The highest BCUT2D eigenvalue weighted by atomic mass is 32.2. The Balaban J connectivity index is 0.000000337. The molecule has 0 saturated carbocycles. The van der Waals surface area contributed by atoms with Crippen molar-refractivity contribution in [2.45, 2.75) is 4.90 Å². The standard InChI is InChI=1S/C24H22N6O3S.C7H8BNO3/c1-26-34(32,33)21-10-4-9-20(13-21)30-23-14-22(27-15-28-23)29-19-8-3-6-17(12-19)16-5-2-7-18(11-16)24(25)31;9-7(10)5-2-1-3-6(4-5)8(11)12/h2-15,26H,1H3,(H2,25,31)(H2,27,28,29,30);1-4,11-12H,(H2,9,10). The Morgan fingerprint density at radius 3 is 1.80 bits per heavy atom. The van der Waals surface area contributed by atoms with Gasteiger partial charge in [0.25, 0.3) is 0 Å². The molecule has 0 unspecified atom stereocenters. The molecule has 0 bridgehead atoms. The number of amides is 2. The van der Waals surface area contributed by atoms with Gasteiger partial charge in [-0.15, -0.1) is 0 Å². The first kappa shape index (κ1) is 33.3. The summed E-state index contributed by atoms with van der Waals surface area (Å²) >= 11 is 0. The predicted molar refractivity (Wildman–Crippen MR) is 176 cm³/mol. The summed E-state index contributed by atoms with van der Waals surface area (Å²) in [5, 5.41) is 23.8. The summed E-state index contributed by atoms with van der Waals surface area (Å²) in [4.78, 5) is 30.7. The molecule has 0 atom stereocenters. The second kappa shape index (κ2) is 14.9. The van der Waals surface area contributed by atoms with Crippen LogP contribution < -0.4 is 32.3 Å². The lowest BCUT2D eigenvalue weighted by atomic mass is 9.79. The van der Waals surface area contributed by atoms with E-state index in [1.54, 1.807) is 36.4 Å². The molecule has 0 aliphatic carbocycles. The Hall–Kier alpha value is -5.61. The largest absolute Gasteiger partial charge is 0.488 e. The summed E-state index contributed by atoms with van der Waals surface area (Å²) in [5.41, 5.74) is 14.5. The molecule has 1 aromatic heterocycles. The highest BCUT2D eigenvalue weighted by molar-refractivity contribution is 7.89. The number of carbonyl (C=O) groups excluding carboxylic acids is 2. The van der Waals surface area contributed by atoms with Crippen LogP contribution in [0.25, 0.3) is 11.1 Å². The maximum absolute atomic E-state index is 12.0. The van der Waals surface area contributed by atoms with E-state index in [1.807, 2.05) is 30.3 Å². The number of benzene rings is 4. The topological polar surface area (TPSA) is 223 Å². The molecule has 4 aromatic carbocycles. The van der Waals surface area contributed by atoms with E-state index >= 15 is 0 Å². The molecule has 13 nitrogen and oxygen atoms in total. The molecule has 15 heteroatoms. The van der Waals surface area contributed by atoms with Gasteiger partial charge in [-0.05, 0) is 78.2 Å². The predicted octanol–water partition coefficient (Wildman–Crippen LogP) is 2.10. The zero-order chi connectivity index (χ0) is 33.3. The van der Waals surface area contributed by atoms with Crippen LogP contribution in [-0.4, -0.2) is 54.4 Å². The van der Waals surface area contributed by atoms with E-state index in [0.717, 1.165) is 16.8 Å². The van der Waals surface area contributed by atoms with E-state index in [9.17, 15) is 18.0 Å². The number of rotatable bonds is 10. The first-order chi connectivity index (χ1) is 21.9.